The highest BCUT2D eigenvalue weighted by Gasteiger charge is 2.43. The van der Waals surface area contributed by atoms with Crippen LogP contribution in [0.1, 0.15) is 143 Å². The number of hydrogen-bond donors (Lipinski definition) is 0. The second-order valence-electron chi connectivity index (χ2n) is 14.6. The molecule has 2 aliphatic rings. The van der Waals surface area contributed by atoms with Gasteiger partial charge in [-0.2, -0.15) is 0 Å². The molecular formula is C46H58O2. The van der Waals surface area contributed by atoms with Crippen LogP contribution >= 0.6 is 0 Å². The summed E-state index contributed by atoms with van der Waals surface area (Å²) in [5.41, 5.74) is 13.8. The SMILES string of the molecule is CCCCCCCCC1(CCCCCCCC)c2cc(-c3ccc(Cc4ccc(C)cc4)cc3)ccc2-c2ccc(C3OCCO3)cc21. The first-order valence-electron chi connectivity index (χ1n) is 19.3. The van der Waals surface area contributed by atoms with Crippen LogP contribution in [0.3, 0.4) is 0 Å². The van der Waals surface area contributed by atoms with Crippen molar-refractivity contribution in [2.45, 2.75) is 129 Å². The van der Waals surface area contributed by atoms with E-state index in [1.54, 1.807) is 5.56 Å². The van der Waals surface area contributed by atoms with Gasteiger partial charge in [-0.3, -0.25) is 0 Å². The van der Waals surface area contributed by atoms with Gasteiger partial charge in [-0.05, 0) is 82.8 Å². The Morgan fingerprint density at radius 1 is 0.542 bits per heavy atom. The third kappa shape index (κ3) is 8.15. The molecule has 6 rings (SSSR count). The highest BCUT2D eigenvalue weighted by molar-refractivity contribution is 5.84. The van der Waals surface area contributed by atoms with Gasteiger partial charge in [0.05, 0.1) is 13.2 Å². The molecule has 0 bridgehead atoms. The lowest BCUT2D eigenvalue weighted by Gasteiger charge is -2.33. The topological polar surface area (TPSA) is 18.5 Å². The molecule has 0 spiro atoms. The Bertz CT molecular complexity index is 1560. The molecule has 4 aromatic carbocycles. The third-order valence-electron chi connectivity index (χ3n) is 11.0. The van der Waals surface area contributed by atoms with Crippen molar-refractivity contribution in [1.29, 1.82) is 0 Å². The number of rotatable bonds is 18. The maximum Gasteiger partial charge on any atom is 0.184 e. The summed E-state index contributed by atoms with van der Waals surface area (Å²) < 4.78 is 12.0. The van der Waals surface area contributed by atoms with Gasteiger partial charge < -0.3 is 9.47 Å². The molecule has 0 radical (unpaired) electrons. The van der Waals surface area contributed by atoms with E-state index in [4.69, 9.17) is 9.47 Å². The van der Waals surface area contributed by atoms with Gasteiger partial charge in [0.15, 0.2) is 6.29 Å². The van der Waals surface area contributed by atoms with Crippen molar-refractivity contribution in [3.8, 4) is 22.3 Å². The highest BCUT2D eigenvalue weighted by atomic mass is 16.7. The standard InChI is InChI=1S/C46H58O2/c1-4-6-8-10-12-14-28-46(29-15-13-11-9-7-5-2)43-33-39(38-22-20-37(21-23-38)32-36-18-16-35(3)17-19-36)24-26-41(43)42-27-25-40(34-44(42)46)45-47-30-31-48-45/h16-27,33-34,45H,4-15,28-32H2,1-3H3. The van der Waals surface area contributed by atoms with Gasteiger partial charge in [0.2, 0.25) is 0 Å². The summed E-state index contributed by atoms with van der Waals surface area (Å²) in [5, 5.41) is 0. The fraction of sp³-hybridized carbons (Fsp3) is 0.478. The summed E-state index contributed by atoms with van der Waals surface area (Å²) >= 11 is 0. The summed E-state index contributed by atoms with van der Waals surface area (Å²) in [4.78, 5) is 0. The maximum absolute atomic E-state index is 6.02. The molecule has 1 fully saturated rings. The Labute approximate surface area is 291 Å². The van der Waals surface area contributed by atoms with E-state index in [9.17, 15) is 0 Å². The highest BCUT2D eigenvalue weighted by Crippen LogP contribution is 2.55. The van der Waals surface area contributed by atoms with Crippen LogP contribution in [0.5, 0.6) is 0 Å². The van der Waals surface area contributed by atoms with Crippen LogP contribution in [0.25, 0.3) is 22.3 Å². The van der Waals surface area contributed by atoms with E-state index in [0.29, 0.717) is 13.2 Å². The van der Waals surface area contributed by atoms with E-state index >= 15 is 0 Å². The number of hydrogen-bond acceptors (Lipinski definition) is 2. The Kier molecular flexibility index (Phi) is 12.2. The van der Waals surface area contributed by atoms with Crippen molar-refractivity contribution in [2.75, 3.05) is 13.2 Å². The molecular weight excluding hydrogens is 585 g/mol. The summed E-state index contributed by atoms with van der Waals surface area (Å²) in [6.07, 6.45) is 19.1. The zero-order valence-corrected chi connectivity index (χ0v) is 30.0. The van der Waals surface area contributed by atoms with Gasteiger partial charge in [0, 0.05) is 11.0 Å². The number of aryl methyl sites for hydroxylation is 1. The first-order valence-corrected chi connectivity index (χ1v) is 19.3. The maximum atomic E-state index is 6.02. The van der Waals surface area contributed by atoms with E-state index in [1.165, 1.54) is 140 Å². The summed E-state index contributed by atoms with van der Waals surface area (Å²) in [6, 6.07) is 32.7. The number of ether oxygens (including phenoxy) is 2. The molecule has 1 heterocycles. The third-order valence-corrected chi connectivity index (χ3v) is 11.0. The monoisotopic (exact) mass is 642 g/mol. The fourth-order valence-electron chi connectivity index (χ4n) is 8.22. The summed E-state index contributed by atoms with van der Waals surface area (Å²) in [5.74, 6) is 0. The number of benzene rings is 4. The molecule has 0 amide bonds. The van der Waals surface area contributed by atoms with Crippen LogP contribution in [-0.2, 0) is 21.3 Å². The van der Waals surface area contributed by atoms with Crippen molar-refractivity contribution >= 4 is 0 Å². The molecule has 254 valence electrons. The number of fused-ring (bicyclic) bond motifs is 3. The Morgan fingerprint density at radius 3 is 1.65 bits per heavy atom. The largest absolute Gasteiger partial charge is 0.346 e. The van der Waals surface area contributed by atoms with E-state index in [0.717, 1.165) is 6.42 Å². The zero-order chi connectivity index (χ0) is 33.2. The van der Waals surface area contributed by atoms with E-state index in [-0.39, 0.29) is 11.7 Å². The number of unbranched alkanes of at least 4 members (excludes halogenated alkanes) is 10. The van der Waals surface area contributed by atoms with E-state index in [2.05, 4.69) is 106 Å². The van der Waals surface area contributed by atoms with Crippen molar-refractivity contribution < 1.29 is 9.47 Å². The lowest BCUT2D eigenvalue weighted by atomic mass is 9.70. The van der Waals surface area contributed by atoms with Crippen LogP contribution in [0.15, 0.2) is 84.9 Å². The van der Waals surface area contributed by atoms with Crippen LogP contribution in [0, 0.1) is 6.92 Å². The van der Waals surface area contributed by atoms with Crippen molar-refractivity contribution in [3.63, 3.8) is 0 Å². The predicted molar refractivity (Wildman–Crippen MR) is 203 cm³/mol. The first kappa shape index (κ1) is 34.7. The summed E-state index contributed by atoms with van der Waals surface area (Å²) in [7, 11) is 0. The van der Waals surface area contributed by atoms with Crippen LogP contribution in [-0.4, -0.2) is 13.2 Å². The van der Waals surface area contributed by atoms with Crippen molar-refractivity contribution in [2.24, 2.45) is 0 Å². The van der Waals surface area contributed by atoms with Crippen LogP contribution in [0.2, 0.25) is 0 Å². The molecule has 48 heavy (non-hydrogen) atoms. The average Bonchev–Trinajstić information content (AvgIpc) is 3.75. The normalized spacial score (nSPS) is 15.1. The van der Waals surface area contributed by atoms with Gasteiger partial charge in [0.1, 0.15) is 0 Å². The Hall–Kier alpha value is -3.20. The minimum atomic E-state index is -0.242. The lowest BCUT2D eigenvalue weighted by molar-refractivity contribution is -0.0441. The van der Waals surface area contributed by atoms with Crippen LogP contribution in [0.4, 0.5) is 0 Å². The summed E-state index contributed by atoms with van der Waals surface area (Å²) in [6.45, 7) is 8.13. The minimum absolute atomic E-state index is 0.0240. The Morgan fingerprint density at radius 2 is 1.04 bits per heavy atom. The van der Waals surface area contributed by atoms with Crippen LogP contribution < -0.4 is 0 Å². The van der Waals surface area contributed by atoms with Crippen molar-refractivity contribution in [3.05, 3.63) is 118 Å². The zero-order valence-electron chi connectivity index (χ0n) is 30.0. The average molecular weight is 643 g/mol. The van der Waals surface area contributed by atoms with Gasteiger partial charge >= 0.3 is 0 Å². The minimum Gasteiger partial charge on any atom is -0.346 e. The first-order chi connectivity index (χ1) is 23.6. The predicted octanol–water partition coefficient (Wildman–Crippen LogP) is 13.1. The molecule has 2 heteroatoms. The molecule has 1 saturated heterocycles. The van der Waals surface area contributed by atoms with Gasteiger partial charge in [-0.1, -0.05) is 169 Å². The molecule has 0 aromatic heterocycles. The van der Waals surface area contributed by atoms with Gasteiger partial charge in [0.25, 0.3) is 0 Å². The molecule has 4 aromatic rings. The molecule has 1 aliphatic carbocycles. The molecule has 0 N–H and O–H groups in total. The van der Waals surface area contributed by atoms with E-state index < -0.39 is 0 Å². The molecule has 0 saturated carbocycles. The lowest BCUT2D eigenvalue weighted by Crippen LogP contribution is -2.26. The quantitative estimate of drug-likeness (QED) is 0.101. The molecule has 2 nitrogen and oxygen atoms in total. The second kappa shape index (κ2) is 17.0. The Balaban J connectivity index is 1.33. The van der Waals surface area contributed by atoms with Gasteiger partial charge in [-0.15, -0.1) is 0 Å². The molecule has 0 atom stereocenters. The van der Waals surface area contributed by atoms with Crippen molar-refractivity contribution in [1.82, 2.24) is 0 Å². The van der Waals surface area contributed by atoms with Gasteiger partial charge in [-0.25, -0.2) is 0 Å². The molecule has 0 unspecified atom stereocenters. The smallest absolute Gasteiger partial charge is 0.184 e. The second-order valence-corrected chi connectivity index (χ2v) is 14.6. The fourth-order valence-corrected chi connectivity index (χ4v) is 8.22. The molecule has 1 aliphatic heterocycles. The van der Waals surface area contributed by atoms with E-state index in [1.807, 2.05) is 0 Å².